The molecule has 176 valence electrons. The van der Waals surface area contributed by atoms with Gasteiger partial charge in [-0.15, -0.1) is 0 Å². The van der Waals surface area contributed by atoms with Crippen LogP contribution in [0.5, 0.6) is 0 Å². The van der Waals surface area contributed by atoms with Gasteiger partial charge in [-0.2, -0.15) is 0 Å². The van der Waals surface area contributed by atoms with Crippen molar-refractivity contribution in [2.75, 3.05) is 6.54 Å². The first-order valence-electron chi connectivity index (χ1n) is 11.4. The molecule has 1 atom stereocenters. The Morgan fingerprint density at radius 3 is 2.58 bits per heavy atom. The summed E-state index contributed by atoms with van der Waals surface area (Å²) < 4.78 is 5.46. The molecular formula is C26H34N4O3. The van der Waals surface area contributed by atoms with Crippen LogP contribution < -0.4 is 11.1 Å². The number of nitrogens with one attached hydrogen (secondary N) is 1. The van der Waals surface area contributed by atoms with Crippen LogP contribution in [0.4, 0.5) is 4.79 Å². The number of ether oxygens (including phenoxy) is 1. The SMILES string of the molecule is C=C(N)c1cnc(CNC(=O)C2CCCN2C(=O)OC(C)(C)C)cc1-c1ccc(CC)cc1. The van der Waals surface area contributed by atoms with Crippen LogP contribution in [0.1, 0.15) is 57.4 Å². The summed E-state index contributed by atoms with van der Waals surface area (Å²) in [7, 11) is 0. The number of pyridine rings is 1. The summed E-state index contributed by atoms with van der Waals surface area (Å²) in [6.07, 6.45) is 3.57. The van der Waals surface area contributed by atoms with E-state index in [1.165, 1.54) is 10.5 Å². The van der Waals surface area contributed by atoms with Crippen LogP contribution in [-0.2, 0) is 22.5 Å². The number of aromatic nitrogens is 1. The molecule has 1 fully saturated rings. The van der Waals surface area contributed by atoms with Gasteiger partial charge < -0.3 is 15.8 Å². The van der Waals surface area contributed by atoms with Gasteiger partial charge >= 0.3 is 6.09 Å². The first-order chi connectivity index (χ1) is 15.6. The van der Waals surface area contributed by atoms with Crippen LogP contribution >= 0.6 is 0 Å². The fraction of sp³-hybridized carbons (Fsp3) is 0.423. The third-order valence-corrected chi connectivity index (χ3v) is 5.61. The van der Waals surface area contributed by atoms with Gasteiger partial charge in [-0.25, -0.2) is 4.79 Å². The number of rotatable bonds is 6. The summed E-state index contributed by atoms with van der Waals surface area (Å²) in [6, 6.07) is 9.68. The van der Waals surface area contributed by atoms with E-state index in [-0.39, 0.29) is 12.5 Å². The number of carbonyl (C=O) groups is 2. The number of likely N-dealkylation sites (tertiary alicyclic amines) is 1. The lowest BCUT2D eigenvalue weighted by atomic mass is 9.97. The molecule has 1 aromatic heterocycles. The molecule has 0 radical (unpaired) electrons. The zero-order valence-corrected chi connectivity index (χ0v) is 20.0. The smallest absolute Gasteiger partial charge is 0.410 e. The zero-order valence-electron chi connectivity index (χ0n) is 20.0. The summed E-state index contributed by atoms with van der Waals surface area (Å²) in [4.78, 5) is 31.3. The van der Waals surface area contributed by atoms with Gasteiger partial charge in [-0.1, -0.05) is 37.8 Å². The first kappa shape index (κ1) is 24.3. The maximum Gasteiger partial charge on any atom is 0.410 e. The van der Waals surface area contributed by atoms with Crippen molar-refractivity contribution in [3.63, 3.8) is 0 Å². The fourth-order valence-electron chi connectivity index (χ4n) is 3.88. The van der Waals surface area contributed by atoms with Gasteiger partial charge in [0.25, 0.3) is 0 Å². The number of amides is 2. The first-order valence-corrected chi connectivity index (χ1v) is 11.4. The Morgan fingerprint density at radius 1 is 1.27 bits per heavy atom. The van der Waals surface area contributed by atoms with Crippen LogP contribution in [0, 0.1) is 0 Å². The van der Waals surface area contributed by atoms with Crippen molar-refractivity contribution in [3.05, 3.63) is 59.9 Å². The van der Waals surface area contributed by atoms with Crippen LogP contribution in [0.3, 0.4) is 0 Å². The molecule has 3 rings (SSSR count). The monoisotopic (exact) mass is 450 g/mol. The molecule has 1 unspecified atom stereocenters. The highest BCUT2D eigenvalue weighted by Crippen LogP contribution is 2.27. The molecule has 0 saturated carbocycles. The average Bonchev–Trinajstić information content (AvgIpc) is 3.26. The molecule has 2 aromatic rings. The Kier molecular flexibility index (Phi) is 7.41. The molecule has 33 heavy (non-hydrogen) atoms. The topological polar surface area (TPSA) is 97.5 Å². The minimum atomic E-state index is -0.606. The number of hydrogen-bond acceptors (Lipinski definition) is 5. The lowest BCUT2D eigenvalue weighted by Crippen LogP contribution is -2.47. The van der Waals surface area contributed by atoms with Crippen molar-refractivity contribution < 1.29 is 14.3 Å². The predicted octanol–water partition coefficient (Wildman–Crippen LogP) is 4.26. The highest BCUT2D eigenvalue weighted by Gasteiger charge is 2.36. The van der Waals surface area contributed by atoms with Gasteiger partial charge in [-0.3, -0.25) is 14.7 Å². The molecule has 0 aliphatic carbocycles. The van der Waals surface area contributed by atoms with Crippen LogP contribution in [0.15, 0.2) is 43.1 Å². The normalized spacial score (nSPS) is 15.9. The molecule has 1 aliphatic heterocycles. The summed E-state index contributed by atoms with van der Waals surface area (Å²) in [5.74, 6) is -0.207. The molecule has 7 nitrogen and oxygen atoms in total. The van der Waals surface area contributed by atoms with Gasteiger partial charge in [-0.05, 0) is 62.8 Å². The van der Waals surface area contributed by atoms with Gasteiger partial charge in [0.15, 0.2) is 0 Å². The predicted molar refractivity (Wildman–Crippen MR) is 130 cm³/mol. The van der Waals surface area contributed by atoms with Crippen molar-refractivity contribution in [1.29, 1.82) is 0 Å². The lowest BCUT2D eigenvalue weighted by molar-refractivity contribution is -0.125. The van der Waals surface area contributed by atoms with Crippen LogP contribution in [0.2, 0.25) is 0 Å². The number of carbonyl (C=O) groups excluding carboxylic acids is 2. The summed E-state index contributed by atoms with van der Waals surface area (Å²) in [5.41, 5.74) is 10.5. The second-order valence-electron chi connectivity index (χ2n) is 9.35. The van der Waals surface area contributed by atoms with Gasteiger partial charge in [0.05, 0.1) is 12.2 Å². The van der Waals surface area contributed by atoms with Crippen molar-refractivity contribution >= 4 is 17.7 Å². The third-order valence-electron chi connectivity index (χ3n) is 5.61. The zero-order chi connectivity index (χ0) is 24.2. The van der Waals surface area contributed by atoms with Gasteiger partial charge in [0.2, 0.25) is 5.91 Å². The summed E-state index contributed by atoms with van der Waals surface area (Å²) in [6.45, 7) is 12.2. The Balaban J connectivity index is 1.73. The highest BCUT2D eigenvalue weighted by molar-refractivity contribution is 5.86. The number of hydrogen-bond donors (Lipinski definition) is 2. The molecule has 1 saturated heterocycles. The molecule has 2 heterocycles. The molecule has 0 bridgehead atoms. The van der Waals surface area contributed by atoms with Crippen molar-refractivity contribution in [2.45, 2.75) is 65.1 Å². The van der Waals surface area contributed by atoms with Crippen LogP contribution in [0.25, 0.3) is 16.8 Å². The second-order valence-corrected chi connectivity index (χ2v) is 9.35. The van der Waals surface area contributed by atoms with Crippen molar-refractivity contribution in [3.8, 4) is 11.1 Å². The molecule has 7 heteroatoms. The quantitative estimate of drug-likeness (QED) is 0.685. The van der Waals surface area contributed by atoms with E-state index >= 15 is 0 Å². The Labute approximate surface area is 196 Å². The second kappa shape index (κ2) is 10.1. The standard InChI is InChI=1S/C26H34N4O3/c1-6-18-9-11-19(12-10-18)21-14-20(28-16-22(21)17(2)27)15-29-24(31)23-8-7-13-30(23)25(32)33-26(3,4)5/h9-12,14,16,23H,2,6-8,13,15,27H2,1,3-5H3,(H,29,31). The van der Waals surface area contributed by atoms with E-state index in [9.17, 15) is 9.59 Å². The number of nitrogens with two attached hydrogens (primary N) is 1. The maximum atomic E-state index is 12.9. The van der Waals surface area contributed by atoms with E-state index < -0.39 is 17.7 Å². The molecular weight excluding hydrogens is 416 g/mol. The van der Waals surface area contributed by atoms with Gasteiger partial charge in [0.1, 0.15) is 11.6 Å². The summed E-state index contributed by atoms with van der Waals surface area (Å²) >= 11 is 0. The van der Waals surface area contributed by atoms with Crippen LogP contribution in [-0.4, -0.2) is 40.1 Å². The Hall–Kier alpha value is -3.35. The van der Waals surface area contributed by atoms with E-state index in [0.717, 1.165) is 29.5 Å². The molecule has 1 aliphatic rings. The van der Waals surface area contributed by atoms with Crippen molar-refractivity contribution in [1.82, 2.24) is 15.2 Å². The average molecular weight is 451 g/mol. The molecule has 3 N–H and O–H groups in total. The third kappa shape index (κ3) is 6.12. The van der Waals surface area contributed by atoms with E-state index in [1.807, 2.05) is 26.8 Å². The van der Waals surface area contributed by atoms with E-state index in [1.54, 1.807) is 6.20 Å². The largest absolute Gasteiger partial charge is 0.444 e. The number of benzene rings is 1. The highest BCUT2D eigenvalue weighted by atomic mass is 16.6. The minimum Gasteiger partial charge on any atom is -0.444 e. The lowest BCUT2D eigenvalue weighted by Gasteiger charge is -2.28. The minimum absolute atomic E-state index is 0.207. The Morgan fingerprint density at radius 2 is 1.97 bits per heavy atom. The van der Waals surface area contributed by atoms with E-state index in [0.29, 0.717) is 24.4 Å². The molecule has 1 aromatic carbocycles. The number of aryl methyl sites for hydroxylation is 1. The fourth-order valence-corrected chi connectivity index (χ4v) is 3.88. The molecule has 0 spiro atoms. The molecule has 2 amide bonds. The Bertz CT molecular complexity index is 1020. The number of nitrogens with zero attached hydrogens (tertiary/aromatic N) is 2. The van der Waals surface area contributed by atoms with E-state index in [2.05, 4.69) is 48.1 Å². The van der Waals surface area contributed by atoms with Crippen molar-refractivity contribution in [2.24, 2.45) is 5.73 Å². The maximum absolute atomic E-state index is 12.9. The van der Waals surface area contributed by atoms with E-state index in [4.69, 9.17) is 10.5 Å². The van der Waals surface area contributed by atoms with Gasteiger partial charge in [0, 0.05) is 24.0 Å². The summed E-state index contributed by atoms with van der Waals surface area (Å²) in [5, 5.41) is 2.93.